The second-order valence-corrected chi connectivity index (χ2v) is 10.2. The van der Waals surface area contributed by atoms with Crippen LogP contribution in [0.4, 0.5) is 0 Å². The van der Waals surface area contributed by atoms with Crippen molar-refractivity contribution in [3.63, 3.8) is 0 Å². The van der Waals surface area contributed by atoms with E-state index in [-0.39, 0.29) is 22.9 Å². The number of carboxylic acid groups (broad SMARTS) is 1. The van der Waals surface area contributed by atoms with E-state index in [2.05, 4.69) is 47.1 Å². The average molecular weight is 607 g/mol. The number of benzene rings is 2. The average Bonchev–Trinajstić information content (AvgIpc) is 2.90. The fourth-order valence-electron chi connectivity index (χ4n) is 6.33. The van der Waals surface area contributed by atoms with Gasteiger partial charge in [0.2, 0.25) is 5.91 Å². The van der Waals surface area contributed by atoms with Crippen molar-refractivity contribution in [1.29, 1.82) is 0 Å². The number of amides is 1. The SMILES string of the molecule is CI.C[C@H](NC(=O)C1(NCCOc2ccccc2)C2CCCCC2C1(C)C)c1ccc(C(=O)O)cc1. The van der Waals surface area contributed by atoms with Gasteiger partial charge in [-0.1, -0.05) is 79.6 Å². The number of rotatable bonds is 9. The first-order chi connectivity index (χ1) is 17.3. The second kappa shape index (κ2) is 12.4. The first-order valence-corrected chi connectivity index (χ1v) is 14.9. The monoisotopic (exact) mass is 606 g/mol. The molecule has 2 saturated carbocycles. The molecule has 3 N–H and O–H groups in total. The molecule has 2 aromatic rings. The summed E-state index contributed by atoms with van der Waals surface area (Å²) in [5.74, 6) is 0.720. The van der Waals surface area contributed by atoms with E-state index in [9.17, 15) is 9.59 Å². The van der Waals surface area contributed by atoms with Crippen molar-refractivity contribution in [2.24, 2.45) is 17.3 Å². The number of nitrogens with one attached hydrogen (secondary N) is 2. The van der Waals surface area contributed by atoms with E-state index in [1.807, 2.05) is 42.2 Å². The molecule has 7 heteroatoms. The number of hydrogen-bond donors (Lipinski definition) is 3. The Balaban J connectivity index is 0.00000176. The number of alkyl halides is 1. The number of carboxylic acids is 1. The van der Waals surface area contributed by atoms with Crippen molar-refractivity contribution in [3.8, 4) is 5.75 Å². The standard InChI is InChI=1S/C28H36N2O4.CH3I/c1-19(20-13-15-21(16-14-20)25(31)32)30-26(33)28(24-12-8-7-11-23(24)27(28,2)3)29-17-18-34-22-9-5-4-6-10-22;1-2/h4-6,9-10,13-16,19,23-24,29H,7-8,11-12,17-18H2,1-3H3,(H,30,33)(H,31,32);1H3/t19-,23?,24?,28?;/m0./s1. The minimum atomic E-state index is -0.955. The van der Waals surface area contributed by atoms with Gasteiger partial charge in [0.25, 0.3) is 0 Å². The van der Waals surface area contributed by atoms with Crippen molar-refractivity contribution in [2.45, 2.75) is 58.0 Å². The highest BCUT2D eigenvalue weighted by Crippen LogP contribution is 2.63. The summed E-state index contributed by atoms with van der Waals surface area (Å²) in [7, 11) is 0. The quantitative estimate of drug-likeness (QED) is 0.189. The van der Waals surface area contributed by atoms with Crippen LogP contribution in [0.25, 0.3) is 0 Å². The van der Waals surface area contributed by atoms with Crippen molar-refractivity contribution in [1.82, 2.24) is 10.6 Å². The smallest absolute Gasteiger partial charge is 0.335 e. The minimum absolute atomic E-state index is 0.0233. The Morgan fingerprint density at radius 1 is 1.03 bits per heavy atom. The van der Waals surface area contributed by atoms with E-state index in [0.717, 1.165) is 24.2 Å². The van der Waals surface area contributed by atoms with Crippen molar-refractivity contribution < 1.29 is 19.4 Å². The van der Waals surface area contributed by atoms with Crippen LogP contribution in [0, 0.1) is 17.3 Å². The van der Waals surface area contributed by atoms with Gasteiger partial charge in [0, 0.05) is 6.54 Å². The number of ether oxygens (including phenoxy) is 1. The predicted molar refractivity (Wildman–Crippen MR) is 152 cm³/mol. The highest BCUT2D eigenvalue weighted by atomic mass is 127. The number of para-hydroxylation sites is 1. The van der Waals surface area contributed by atoms with Crippen LogP contribution < -0.4 is 15.4 Å². The lowest BCUT2D eigenvalue weighted by molar-refractivity contribution is -0.182. The molecule has 196 valence electrons. The third-order valence-electron chi connectivity index (χ3n) is 8.15. The molecular weight excluding hydrogens is 567 g/mol. The van der Waals surface area contributed by atoms with Crippen LogP contribution in [-0.2, 0) is 4.79 Å². The first-order valence-electron chi connectivity index (χ1n) is 12.7. The lowest BCUT2D eigenvalue weighted by atomic mass is 9.40. The predicted octanol–water partition coefficient (Wildman–Crippen LogP) is 5.87. The molecule has 2 aliphatic carbocycles. The minimum Gasteiger partial charge on any atom is -0.492 e. The highest BCUT2D eigenvalue weighted by molar-refractivity contribution is 14.1. The van der Waals surface area contributed by atoms with Gasteiger partial charge >= 0.3 is 5.97 Å². The lowest BCUT2D eigenvalue weighted by Crippen LogP contribution is -2.80. The maximum Gasteiger partial charge on any atom is 0.335 e. The van der Waals surface area contributed by atoms with Gasteiger partial charge in [-0.05, 0) is 71.8 Å². The fourth-order valence-corrected chi connectivity index (χ4v) is 6.33. The van der Waals surface area contributed by atoms with Gasteiger partial charge < -0.3 is 15.2 Å². The number of carbonyl (C=O) groups is 2. The molecule has 2 aliphatic rings. The normalized spacial score (nSPS) is 24.7. The molecule has 4 atom stereocenters. The van der Waals surface area contributed by atoms with Crippen LogP contribution >= 0.6 is 22.6 Å². The Morgan fingerprint density at radius 2 is 1.64 bits per heavy atom. The molecule has 0 bridgehead atoms. The summed E-state index contributed by atoms with van der Waals surface area (Å²) in [6.07, 6.45) is 4.60. The van der Waals surface area contributed by atoms with Gasteiger partial charge in [0.05, 0.1) is 11.6 Å². The molecule has 0 heterocycles. The molecule has 1 amide bonds. The van der Waals surface area contributed by atoms with Crippen molar-refractivity contribution >= 4 is 34.5 Å². The number of halogens is 1. The molecular formula is C29H39IN2O4. The molecule has 0 aliphatic heterocycles. The summed E-state index contributed by atoms with van der Waals surface area (Å²) in [6.45, 7) is 7.45. The van der Waals surface area contributed by atoms with Gasteiger partial charge in [-0.2, -0.15) is 0 Å². The van der Waals surface area contributed by atoms with Crippen LogP contribution in [-0.4, -0.2) is 40.6 Å². The van der Waals surface area contributed by atoms with Crippen LogP contribution in [0.3, 0.4) is 0 Å². The zero-order valence-electron chi connectivity index (χ0n) is 21.7. The summed E-state index contributed by atoms with van der Waals surface area (Å²) in [5.41, 5.74) is 0.289. The maximum atomic E-state index is 13.9. The van der Waals surface area contributed by atoms with Crippen LogP contribution in [0.15, 0.2) is 54.6 Å². The summed E-state index contributed by atoms with van der Waals surface area (Å²) < 4.78 is 5.89. The lowest BCUT2D eigenvalue weighted by Gasteiger charge is -2.68. The molecule has 2 aromatic carbocycles. The maximum absolute atomic E-state index is 13.9. The molecule has 0 saturated heterocycles. The number of carbonyl (C=O) groups excluding carboxylic acids is 1. The van der Waals surface area contributed by atoms with Crippen LogP contribution in [0.2, 0.25) is 0 Å². The van der Waals surface area contributed by atoms with E-state index in [0.29, 0.717) is 25.0 Å². The Kier molecular flexibility index (Phi) is 9.80. The highest BCUT2D eigenvalue weighted by Gasteiger charge is 2.70. The van der Waals surface area contributed by atoms with Gasteiger partial charge in [-0.3, -0.25) is 10.1 Å². The Hall–Kier alpha value is -2.13. The molecule has 0 spiro atoms. The first kappa shape index (κ1) is 28.4. The topological polar surface area (TPSA) is 87.7 Å². The number of fused-ring (bicyclic) bond motifs is 1. The van der Waals surface area contributed by atoms with Gasteiger partial charge in [0.1, 0.15) is 17.9 Å². The summed E-state index contributed by atoms with van der Waals surface area (Å²) in [6, 6.07) is 16.2. The molecule has 6 nitrogen and oxygen atoms in total. The molecule has 0 radical (unpaired) electrons. The molecule has 4 rings (SSSR count). The summed E-state index contributed by atoms with van der Waals surface area (Å²) in [4.78, 5) is 27.1. The number of aromatic carboxylic acids is 1. The third-order valence-corrected chi connectivity index (χ3v) is 8.15. The van der Waals surface area contributed by atoms with Gasteiger partial charge in [-0.25, -0.2) is 4.79 Å². The zero-order valence-corrected chi connectivity index (χ0v) is 23.9. The Labute approximate surface area is 228 Å². The van der Waals surface area contributed by atoms with E-state index < -0.39 is 11.5 Å². The third kappa shape index (κ3) is 5.57. The molecule has 36 heavy (non-hydrogen) atoms. The van der Waals surface area contributed by atoms with Crippen molar-refractivity contribution in [2.75, 3.05) is 18.1 Å². The van der Waals surface area contributed by atoms with Crippen LogP contribution in [0.5, 0.6) is 5.75 Å². The summed E-state index contributed by atoms with van der Waals surface area (Å²) in [5, 5.41) is 16.1. The van der Waals surface area contributed by atoms with Crippen LogP contribution in [0.1, 0.15) is 68.4 Å². The number of hydrogen-bond acceptors (Lipinski definition) is 4. The van der Waals surface area contributed by atoms with Gasteiger partial charge in [-0.15, -0.1) is 0 Å². The Bertz CT molecular complexity index is 1010. The van der Waals surface area contributed by atoms with E-state index in [1.165, 1.54) is 12.8 Å². The van der Waals surface area contributed by atoms with Crippen molar-refractivity contribution in [3.05, 3.63) is 65.7 Å². The van der Waals surface area contributed by atoms with E-state index >= 15 is 0 Å². The molecule has 2 fully saturated rings. The zero-order chi connectivity index (χ0) is 26.3. The van der Waals surface area contributed by atoms with E-state index in [1.54, 1.807) is 24.3 Å². The molecule has 3 unspecified atom stereocenters. The largest absolute Gasteiger partial charge is 0.492 e. The molecule has 0 aromatic heterocycles. The summed E-state index contributed by atoms with van der Waals surface area (Å²) >= 11 is 2.15. The van der Waals surface area contributed by atoms with E-state index in [4.69, 9.17) is 9.84 Å². The Morgan fingerprint density at radius 3 is 2.25 bits per heavy atom. The van der Waals surface area contributed by atoms with Gasteiger partial charge in [0.15, 0.2) is 0 Å². The second-order valence-electron chi connectivity index (χ2n) is 10.2. The fraction of sp³-hybridized carbons (Fsp3) is 0.517.